The molecule has 1 fully saturated rings. The van der Waals surface area contributed by atoms with Gasteiger partial charge in [0.25, 0.3) is 0 Å². The summed E-state index contributed by atoms with van der Waals surface area (Å²) < 4.78 is 21.6. The molecule has 2 rings (SSSR count). The van der Waals surface area contributed by atoms with Crippen LogP contribution in [0.3, 0.4) is 0 Å². The van der Waals surface area contributed by atoms with E-state index in [0.717, 1.165) is 0 Å². The number of hydrogen-bond donors (Lipinski definition) is 1. The normalized spacial score (nSPS) is 40.5. The van der Waals surface area contributed by atoms with Crippen molar-refractivity contribution in [1.29, 1.82) is 0 Å². The molecular formula is C12H20O5. The lowest BCUT2D eigenvalue weighted by molar-refractivity contribution is -0.195. The van der Waals surface area contributed by atoms with Crippen LogP contribution in [0.5, 0.6) is 0 Å². The first-order valence-corrected chi connectivity index (χ1v) is 5.77. The first kappa shape index (κ1) is 13.0. The van der Waals surface area contributed by atoms with Gasteiger partial charge < -0.3 is 24.1 Å². The third-order valence-corrected chi connectivity index (χ3v) is 3.22. The molecule has 0 spiro atoms. The maximum Gasteiger partial charge on any atom is 0.164 e. The minimum absolute atomic E-state index is 0.138. The van der Waals surface area contributed by atoms with Crippen LogP contribution >= 0.6 is 0 Å². The fourth-order valence-electron chi connectivity index (χ4n) is 2.30. The highest BCUT2D eigenvalue weighted by Crippen LogP contribution is 2.41. The largest absolute Gasteiger partial charge is 0.380 e. The number of hydrogen-bond acceptors (Lipinski definition) is 5. The molecule has 0 saturated carbocycles. The maximum atomic E-state index is 10.6. The Hall–Kier alpha value is -0.460. The molecule has 1 saturated heterocycles. The van der Waals surface area contributed by atoms with Gasteiger partial charge in [0.05, 0.1) is 6.10 Å². The molecule has 0 bridgehead atoms. The second kappa shape index (κ2) is 4.33. The lowest BCUT2D eigenvalue weighted by atomic mass is 9.93. The molecule has 5 nitrogen and oxygen atoms in total. The van der Waals surface area contributed by atoms with Crippen molar-refractivity contribution in [2.45, 2.75) is 50.5 Å². The molecule has 98 valence electrons. The zero-order chi connectivity index (χ0) is 12.7. The van der Waals surface area contributed by atoms with E-state index in [4.69, 9.17) is 18.9 Å². The highest BCUT2D eigenvalue weighted by atomic mass is 16.8. The lowest BCUT2D eigenvalue weighted by Crippen LogP contribution is -2.51. The lowest BCUT2D eigenvalue weighted by Gasteiger charge is -2.33. The molecule has 5 heteroatoms. The quantitative estimate of drug-likeness (QED) is 0.586. The Morgan fingerprint density at radius 2 is 2.12 bits per heavy atom. The third kappa shape index (κ3) is 2.26. The fraction of sp³-hybridized carbons (Fsp3) is 0.833. The van der Waals surface area contributed by atoms with Gasteiger partial charge in [0.1, 0.15) is 24.6 Å². The highest BCUT2D eigenvalue weighted by molar-refractivity contribution is 5.23. The minimum Gasteiger partial charge on any atom is -0.380 e. The van der Waals surface area contributed by atoms with E-state index in [9.17, 15) is 5.11 Å². The minimum atomic E-state index is -1.17. The average Bonchev–Trinajstić information content (AvgIpc) is 2.71. The number of ether oxygens (including phenoxy) is 4. The van der Waals surface area contributed by atoms with Gasteiger partial charge in [0, 0.05) is 7.11 Å². The zero-order valence-electron chi connectivity index (χ0n) is 10.7. The van der Waals surface area contributed by atoms with Gasteiger partial charge in [-0.15, -0.1) is 0 Å². The molecule has 0 aromatic rings. The summed E-state index contributed by atoms with van der Waals surface area (Å²) in [6, 6.07) is 0. The summed E-state index contributed by atoms with van der Waals surface area (Å²) in [5, 5.41) is 10.6. The monoisotopic (exact) mass is 244 g/mol. The van der Waals surface area contributed by atoms with Gasteiger partial charge in [0.2, 0.25) is 0 Å². The molecule has 1 unspecified atom stereocenters. The zero-order valence-corrected chi connectivity index (χ0v) is 10.7. The van der Waals surface area contributed by atoms with E-state index >= 15 is 0 Å². The number of methoxy groups -OCH3 is 1. The molecule has 1 N–H and O–H groups in total. The Kier molecular flexibility index (Phi) is 3.31. The highest BCUT2D eigenvalue weighted by Gasteiger charge is 2.56. The predicted molar refractivity (Wildman–Crippen MR) is 60.3 cm³/mol. The van der Waals surface area contributed by atoms with Crippen molar-refractivity contribution in [3.05, 3.63) is 12.2 Å². The van der Waals surface area contributed by atoms with Crippen LogP contribution in [0.4, 0.5) is 0 Å². The molecule has 0 radical (unpaired) electrons. The van der Waals surface area contributed by atoms with Crippen LogP contribution in [0.25, 0.3) is 0 Å². The summed E-state index contributed by atoms with van der Waals surface area (Å²) in [6.45, 7) is 5.60. The van der Waals surface area contributed by atoms with Crippen molar-refractivity contribution in [3.8, 4) is 0 Å². The molecule has 4 atom stereocenters. The van der Waals surface area contributed by atoms with Crippen molar-refractivity contribution in [3.63, 3.8) is 0 Å². The predicted octanol–water partition coefficient (Wildman–Crippen LogP) is 0.816. The molecule has 0 aromatic carbocycles. The molecule has 1 aliphatic carbocycles. The molecule has 1 aliphatic heterocycles. The van der Waals surface area contributed by atoms with Crippen molar-refractivity contribution in [2.24, 2.45) is 0 Å². The van der Waals surface area contributed by atoms with Gasteiger partial charge in [-0.3, -0.25) is 0 Å². The van der Waals surface area contributed by atoms with Crippen LogP contribution in [-0.2, 0) is 18.9 Å². The number of aliphatic hydroxyl groups is 1. The molecule has 17 heavy (non-hydrogen) atoms. The smallest absolute Gasteiger partial charge is 0.164 e. The van der Waals surface area contributed by atoms with E-state index in [0.29, 0.717) is 0 Å². The second-order valence-electron chi connectivity index (χ2n) is 4.98. The van der Waals surface area contributed by atoms with E-state index < -0.39 is 23.6 Å². The topological polar surface area (TPSA) is 57.2 Å². The first-order chi connectivity index (χ1) is 7.89. The number of rotatable bonds is 4. The van der Waals surface area contributed by atoms with Gasteiger partial charge in [-0.05, 0) is 26.8 Å². The Balaban J connectivity index is 2.09. The van der Waals surface area contributed by atoms with Crippen molar-refractivity contribution >= 4 is 0 Å². The van der Waals surface area contributed by atoms with E-state index in [2.05, 4.69) is 0 Å². The van der Waals surface area contributed by atoms with Crippen LogP contribution in [0, 0.1) is 0 Å². The second-order valence-corrected chi connectivity index (χ2v) is 4.98. The maximum absolute atomic E-state index is 10.6. The number of fused-ring (bicyclic) bond motifs is 1. The van der Waals surface area contributed by atoms with Crippen molar-refractivity contribution in [1.82, 2.24) is 0 Å². The van der Waals surface area contributed by atoms with Crippen LogP contribution in [-0.4, -0.2) is 48.7 Å². The SMILES string of the molecule is COCOC(C)[C@@]1(O)C=C[C@@H]2OC(C)(C)O[C@@H]21. The molecule has 1 heterocycles. The molecular weight excluding hydrogens is 224 g/mol. The summed E-state index contributed by atoms with van der Waals surface area (Å²) in [4.78, 5) is 0. The van der Waals surface area contributed by atoms with Gasteiger partial charge >= 0.3 is 0 Å². The van der Waals surface area contributed by atoms with Crippen LogP contribution in [0.2, 0.25) is 0 Å². The fourth-order valence-corrected chi connectivity index (χ4v) is 2.30. The Morgan fingerprint density at radius 1 is 1.41 bits per heavy atom. The molecule has 0 aromatic heterocycles. The van der Waals surface area contributed by atoms with E-state index in [1.165, 1.54) is 0 Å². The van der Waals surface area contributed by atoms with Gasteiger partial charge in [-0.2, -0.15) is 0 Å². The summed E-state index contributed by atoms with van der Waals surface area (Å²) in [6.07, 6.45) is 2.45. The summed E-state index contributed by atoms with van der Waals surface area (Å²) in [5.74, 6) is -0.672. The summed E-state index contributed by atoms with van der Waals surface area (Å²) in [5.41, 5.74) is -1.17. The molecule has 0 amide bonds. The summed E-state index contributed by atoms with van der Waals surface area (Å²) in [7, 11) is 1.54. The van der Waals surface area contributed by atoms with Crippen LogP contribution in [0.15, 0.2) is 12.2 Å². The molecule has 2 aliphatic rings. The Morgan fingerprint density at radius 3 is 2.76 bits per heavy atom. The average molecular weight is 244 g/mol. The van der Waals surface area contributed by atoms with Gasteiger partial charge in [-0.25, -0.2) is 0 Å². The first-order valence-electron chi connectivity index (χ1n) is 5.77. The Bertz CT molecular complexity index is 314. The standard InChI is InChI=1S/C12H20O5/c1-8(15-7-14-4)12(13)6-5-9-10(12)17-11(2,3)16-9/h5-6,8-10,13H,7H2,1-4H3/t8?,9-,10-,12-/m0/s1. The Labute approximate surface area is 101 Å². The van der Waals surface area contributed by atoms with Crippen LogP contribution < -0.4 is 0 Å². The van der Waals surface area contributed by atoms with Crippen LogP contribution in [0.1, 0.15) is 20.8 Å². The van der Waals surface area contributed by atoms with Crippen molar-refractivity contribution in [2.75, 3.05) is 13.9 Å². The summed E-state index contributed by atoms with van der Waals surface area (Å²) >= 11 is 0. The van der Waals surface area contributed by atoms with Gasteiger partial charge in [-0.1, -0.05) is 6.08 Å². The van der Waals surface area contributed by atoms with E-state index in [1.807, 2.05) is 19.9 Å². The third-order valence-electron chi connectivity index (χ3n) is 3.22. The van der Waals surface area contributed by atoms with E-state index in [1.54, 1.807) is 20.1 Å². The van der Waals surface area contributed by atoms with E-state index in [-0.39, 0.29) is 12.9 Å². The van der Waals surface area contributed by atoms with Gasteiger partial charge in [0.15, 0.2) is 5.79 Å². The van der Waals surface area contributed by atoms with Crippen molar-refractivity contribution < 1.29 is 24.1 Å².